The molecule has 12 heavy (non-hydrogen) atoms. The van der Waals surface area contributed by atoms with Gasteiger partial charge in [0.05, 0.1) is 5.56 Å². The number of hydrogen-bond acceptors (Lipinski definition) is 1. The summed E-state index contributed by atoms with van der Waals surface area (Å²) in [4.78, 5) is 0. The van der Waals surface area contributed by atoms with Crippen LogP contribution in [-0.4, -0.2) is 5.11 Å². The van der Waals surface area contributed by atoms with Gasteiger partial charge in [0.2, 0.25) is 0 Å². The van der Waals surface area contributed by atoms with Gasteiger partial charge in [0.15, 0.2) is 0 Å². The number of rotatable bonds is 0. The average molecular weight is 176 g/mol. The molecule has 0 heterocycles. The van der Waals surface area contributed by atoms with Crippen LogP contribution in [0.5, 0.6) is 5.75 Å². The zero-order chi connectivity index (χ0) is 9.35. The molecule has 1 N–H and O–H groups in total. The van der Waals surface area contributed by atoms with E-state index in [0.717, 1.165) is 12.1 Å². The van der Waals surface area contributed by atoms with E-state index in [0.29, 0.717) is 5.56 Å². The monoisotopic (exact) mass is 176 g/mol. The van der Waals surface area contributed by atoms with E-state index >= 15 is 0 Å². The third-order valence-electron chi connectivity index (χ3n) is 1.54. The quantitative estimate of drug-likeness (QED) is 0.644. The average Bonchev–Trinajstić information content (AvgIpc) is 1.92. The van der Waals surface area contributed by atoms with Crippen LogP contribution >= 0.6 is 0 Å². The molecule has 0 unspecified atom stereocenters. The van der Waals surface area contributed by atoms with Gasteiger partial charge in [0.25, 0.3) is 0 Å². The summed E-state index contributed by atoms with van der Waals surface area (Å²) in [5, 5.41) is 8.96. The molecule has 0 bridgehead atoms. The zero-order valence-corrected chi connectivity index (χ0v) is 6.31. The first-order valence-electron chi connectivity index (χ1n) is 3.28. The fourth-order valence-electron chi connectivity index (χ4n) is 0.786. The van der Waals surface area contributed by atoms with Crippen molar-refractivity contribution in [2.45, 2.75) is 13.1 Å². The summed E-state index contributed by atoms with van der Waals surface area (Å²) < 4.78 is 36.0. The van der Waals surface area contributed by atoms with Crippen LogP contribution in [-0.2, 0) is 6.18 Å². The van der Waals surface area contributed by atoms with E-state index in [4.69, 9.17) is 5.11 Å². The van der Waals surface area contributed by atoms with Crippen molar-refractivity contribution >= 4 is 0 Å². The van der Waals surface area contributed by atoms with Crippen molar-refractivity contribution in [2.75, 3.05) is 0 Å². The number of hydrogen-bond donors (Lipinski definition) is 1. The Morgan fingerprint density at radius 3 is 2.25 bits per heavy atom. The van der Waals surface area contributed by atoms with E-state index in [9.17, 15) is 13.2 Å². The second-order valence-electron chi connectivity index (χ2n) is 2.50. The van der Waals surface area contributed by atoms with Crippen molar-refractivity contribution in [3.05, 3.63) is 29.3 Å². The molecule has 0 aromatic heterocycles. The van der Waals surface area contributed by atoms with Crippen LogP contribution in [0.1, 0.15) is 11.1 Å². The second kappa shape index (κ2) is 2.69. The van der Waals surface area contributed by atoms with E-state index < -0.39 is 11.7 Å². The summed E-state index contributed by atoms with van der Waals surface area (Å²) in [7, 11) is 0. The first-order chi connectivity index (χ1) is 5.41. The largest absolute Gasteiger partial charge is 0.508 e. The lowest BCUT2D eigenvalue weighted by molar-refractivity contribution is -0.137. The highest BCUT2D eigenvalue weighted by atomic mass is 19.4. The van der Waals surface area contributed by atoms with Crippen molar-refractivity contribution in [3.8, 4) is 5.75 Å². The standard InChI is InChI=1S/C8H7F3O/c1-5-2-3-6(4-7(5)12)8(9,10)11/h2-4,12H,1H3. The van der Waals surface area contributed by atoms with E-state index in [1.807, 2.05) is 0 Å². The van der Waals surface area contributed by atoms with Gasteiger partial charge in [-0.2, -0.15) is 13.2 Å². The topological polar surface area (TPSA) is 20.2 Å². The van der Waals surface area contributed by atoms with E-state index in [2.05, 4.69) is 0 Å². The minimum atomic E-state index is -4.38. The maximum Gasteiger partial charge on any atom is 0.416 e. The van der Waals surface area contributed by atoms with Crippen LogP contribution in [0, 0.1) is 6.92 Å². The lowest BCUT2D eigenvalue weighted by Gasteiger charge is -2.07. The summed E-state index contributed by atoms with van der Waals surface area (Å²) in [6, 6.07) is 2.89. The van der Waals surface area contributed by atoms with Crippen molar-refractivity contribution < 1.29 is 18.3 Å². The van der Waals surface area contributed by atoms with E-state index in [-0.39, 0.29) is 5.75 Å². The molecule has 0 aliphatic rings. The van der Waals surface area contributed by atoms with Gasteiger partial charge in [0, 0.05) is 0 Å². The van der Waals surface area contributed by atoms with Gasteiger partial charge in [0.1, 0.15) is 5.75 Å². The predicted octanol–water partition coefficient (Wildman–Crippen LogP) is 2.72. The Morgan fingerprint density at radius 1 is 1.25 bits per heavy atom. The highest BCUT2D eigenvalue weighted by Crippen LogP contribution is 2.32. The number of benzene rings is 1. The van der Waals surface area contributed by atoms with Crippen LogP contribution in [0.25, 0.3) is 0 Å². The Bertz CT molecular complexity index is 291. The van der Waals surface area contributed by atoms with Crippen molar-refractivity contribution in [1.82, 2.24) is 0 Å². The number of aryl methyl sites for hydroxylation is 1. The molecule has 0 aliphatic carbocycles. The number of phenols is 1. The summed E-state index contributed by atoms with van der Waals surface area (Å²) in [6.07, 6.45) is -4.38. The van der Waals surface area contributed by atoms with Crippen LogP contribution in [0.2, 0.25) is 0 Å². The Kier molecular flexibility index (Phi) is 2.00. The third-order valence-corrected chi connectivity index (χ3v) is 1.54. The molecular formula is C8H7F3O. The molecule has 0 amide bonds. The minimum absolute atomic E-state index is 0.329. The molecule has 66 valence electrons. The molecule has 0 radical (unpaired) electrons. The maximum atomic E-state index is 12.0. The molecule has 1 rings (SSSR count). The maximum absolute atomic E-state index is 12.0. The molecule has 0 spiro atoms. The molecule has 1 aromatic carbocycles. The molecule has 0 aliphatic heterocycles. The number of halogens is 3. The number of alkyl halides is 3. The lowest BCUT2D eigenvalue weighted by atomic mass is 10.1. The van der Waals surface area contributed by atoms with Crippen LogP contribution in [0.15, 0.2) is 18.2 Å². The summed E-state index contributed by atoms with van der Waals surface area (Å²) >= 11 is 0. The van der Waals surface area contributed by atoms with Crippen LogP contribution < -0.4 is 0 Å². The second-order valence-corrected chi connectivity index (χ2v) is 2.50. The first-order valence-corrected chi connectivity index (χ1v) is 3.28. The Morgan fingerprint density at radius 2 is 1.83 bits per heavy atom. The van der Waals surface area contributed by atoms with Crippen molar-refractivity contribution in [2.24, 2.45) is 0 Å². The highest BCUT2D eigenvalue weighted by Gasteiger charge is 2.30. The van der Waals surface area contributed by atoms with Gasteiger partial charge in [-0.25, -0.2) is 0 Å². The van der Waals surface area contributed by atoms with E-state index in [1.54, 1.807) is 0 Å². The number of aromatic hydroxyl groups is 1. The first kappa shape index (κ1) is 8.90. The molecule has 0 saturated carbocycles. The fraction of sp³-hybridized carbons (Fsp3) is 0.250. The van der Waals surface area contributed by atoms with Crippen molar-refractivity contribution in [3.63, 3.8) is 0 Å². The van der Waals surface area contributed by atoms with Gasteiger partial charge in [-0.15, -0.1) is 0 Å². The molecule has 0 saturated heterocycles. The molecule has 1 aromatic rings. The Balaban J connectivity index is 3.14. The molecule has 0 fully saturated rings. The normalized spacial score (nSPS) is 11.7. The van der Waals surface area contributed by atoms with Crippen molar-refractivity contribution in [1.29, 1.82) is 0 Å². The molecule has 0 atom stereocenters. The SMILES string of the molecule is Cc1ccc(C(F)(F)F)cc1O. The third kappa shape index (κ3) is 1.69. The molecule has 4 heteroatoms. The highest BCUT2D eigenvalue weighted by molar-refractivity contribution is 5.36. The summed E-state index contributed by atoms with van der Waals surface area (Å²) in [6.45, 7) is 1.54. The van der Waals surface area contributed by atoms with Crippen LogP contribution in [0.4, 0.5) is 13.2 Å². The number of phenolic OH excluding ortho intramolecular Hbond substituents is 1. The van der Waals surface area contributed by atoms with Gasteiger partial charge in [-0.3, -0.25) is 0 Å². The minimum Gasteiger partial charge on any atom is -0.508 e. The van der Waals surface area contributed by atoms with E-state index in [1.165, 1.54) is 13.0 Å². The van der Waals surface area contributed by atoms with Gasteiger partial charge in [-0.1, -0.05) is 6.07 Å². The fourth-order valence-corrected chi connectivity index (χ4v) is 0.786. The van der Waals surface area contributed by atoms with Crippen LogP contribution in [0.3, 0.4) is 0 Å². The van der Waals surface area contributed by atoms with Gasteiger partial charge < -0.3 is 5.11 Å². The smallest absolute Gasteiger partial charge is 0.416 e. The zero-order valence-electron chi connectivity index (χ0n) is 6.31. The Labute approximate surface area is 67.5 Å². The molecular weight excluding hydrogens is 169 g/mol. The molecule has 1 nitrogen and oxygen atoms in total. The predicted molar refractivity (Wildman–Crippen MR) is 37.8 cm³/mol. The Hall–Kier alpha value is -1.19. The summed E-state index contributed by atoms with van der Waals surface area (Å²) in [5.41, 5.74) is -0.395. The summed E-state index contributed by atoms with van der Waals surface area (Å²) in [5.74, 6) is -0.329. The lowest BCUT2D eigenvalue weighted by Crippen LogP contribution is -2.04. The van der Waals surface area contributed by atoms with Gasteiger partial charge >= 0.3 is 6.18 Å². The van der Waals surface area contributed by atoms with Gasteiger partial charge in [-0.05, 0) is 24.6 Å².